The molecule has 2 aromatic carbocycles. The highest BCUT2D eigenvalue weighted by Gasteiger charge is 2.19. The Balaban J connectivity index is 1.66. The number of nitrogens with one attached hydrogen (secondary N) is 1. The van der Waals surface area contributed by atoms with Crippen LogP contribution in [0.2, 0.25) is 0 Å². The van der Waals surface area contributed by atoms with Crippen molar-refractivity contribution in [1.82, 2.24) is 29.8 Å². The van der Waals surface area contributed by atoms with E-state index in [1.54, 1.807) is 18.3 Å². The molecule has 0 saturated carbocycles. The smallest absolute Gasteiger partial charge is 0.250 e. The second-order valence-corrected chi connectivity index (χ2v) is 7.63. The predicted molar refractivity (Wildman–Crippen MR) is 115 cm³/mol. The molecule has 0 aliphatic heterocycles. The monoisotopic (exact) mass is 450 g/mol. The van der Waals surface area contributed by atoms with E-state index in [2.05, 4.69) is 20.6 Å². The van der Waals surface area contributed by atoms with Crippen molar-refractivity contribution in [2.24, 2.45) is 0 Å². The molecule has 0 amide bonds. The summed E-state index contributed by atoms with van der Waals surface area (Å²) in [6.45, 7) is 2.03. The summed E-state index contributed by atoms with van der Waals surface area (Å²) in [5.74, 6) is -1.93. The fraction of sp³-hybridized carbons (Fsp3) is 0.130. The van der Waals surface area contributed by atoms with E-state index in [-0.39, 0.29) is 17.7 Å². The van der Waals surface area contributed by atoms with Crippen molar-refractivity contribution >= 4 is 10.9 Å². The van der Waals surface area contributed by atoms with Crippen LogP contribution in [0, 0.1) is 24.4 Å². The Bertz CT molecular complexity index is 1540. The summed E-state index contributed by atoms with van der Waals surface area (Å²) in [4.78, 5) is 12.5. The van der Waals surface area contributed by atoms with Crippen LogP contribution in [0.15, 0.2) is 59.5 Å². The third kappa shape index (κ3) is 3.69. The van der Waals surface area contributed by atoms with Gasteiger partial charge in [-0.1, -0.05) is 17.3 Å². The number of nitrogens with zero attached hydrogens (tertiary/aromatic N) is 5. The number of hydrogen-bond donors (Lipinski definition) is 1. The molecule has 0 atom stereocenters. The van der Waals surface area contributed by atoms with Gasteiger partial charge in [0.15, 0.2) is 17.5 Å². The molecule has 5 rings (SSSR count). The van der Waals surface area contributed by atoms with Crippen molar-refractivity contribution in [2.45, 2.75) is 20.0 Å². The molecular weight excluding hydrogens is 433 g/mol. The van der Waals surface area contributed by atoms with Crippen LogP contribution in [0.25, 0.3) is 22.0 Å². The number of hydrogen-bond acceptors (Lipinski definition) is 4. The van der Waals surface area contributed by atoms with Crippen LogP contribution in [0.4, 0.5) is 13.2 Å². The zero-order valence-electron chi connectivity index (χ0n) is 17.4. The van der Waals surface area contributed by atoms with Gasteiger partial charge in [0.05, 0.1) is 13.1 Å². The first kappa shape index (κ1) is 20.7. The number of halogens is 3. The number of fused-ring (bicyclic) bond motifs is 1. The number of aromatic nitrogens is 6. The summed E-state index contributed by atoms with van der Waals surface area (Å²) in [7, 11) is 0. The average Bonchev–Trinajstić information content (AvgIpc) is 3.40. The first-order valence-corrected chi connectivity index (χ1v) is 10.1. The van der Waals surface area contributed by atoms with Crippen molar-refractivity contribution in [1.29, 1.82) is 0 Å². The van der Waals surface area contributed by atoms with E-state index < -0.39 is 17.5 Å². The van der Waals surface area contributed by atoms with Crippen LogP contribution >= 0.6 is 0 Å². The van der Waals surface area contributed by atoms with Gasteiger partial charge >= 0.3 is 0 Å². The molecular formula is C23H17F3N6O. The fourth-order valence-electron chi connectivity index (χ4n) is 4.07. The van der Waals surface area contributed by atoms with Crippen molar-refractivity contribution < 1.29 is 13.2 Å². The number of aromatic amines is 1. The Kier molecular flexibility index (Phi) is 5.04. The number of H-pyrrole nitrogens is 1. The highest BCUT2D eigenvalue weighted by Crippen LogP contribution is 2.35. The molecule has 33 heavy (non-hydrogen) atoms. The van der Waals surface area contributed by atoms with Crippen molar-refractivity contribution in [3.8, 4) is 11.1 Å². The van der Waals surface area contributed by atoms with Gasteiger partial charge in [0.1, 0.15) is 5.82 Å². The van der Waals surface area contributed by atoms with Crippen molar-refractivity contribution in [3.05, 3.63) is 99.6 Å². The topological polar surface area (TPSA) is 81.4 Å². The minimum absolute atomic E-state index is 0.0524. The maximum absolute atomic E-state index is 14.2. The fourth-order valence-corrected chi connectivity index (χ4v) is 4.07. The summed E-state index contributed by atoms with van der Waals surface area (Å²) >= 11 is 0. The van der Waals surface area contributed by atoms with E-state index in [0.29, 0.717) is 28.9 Å². The molecule has 0 radical (unpaired) electrons. The second-order valence-electron chi connectivity index (χ2n) is 7.63. The van der Waals surface area contributed by atoms with Crippen LogP contribution in [0.1, 0.15) is 17.1 Å². The molecule has 7 nitrogen and oxygen atoms in total. The highest BCUT2D eigenvalue weighted by atomic mass is 19.2. The zero-order chi connectivity index (χ0) is 23.1. The molecule has 0 bridgehead atoms. The molecule has 0 aliphatic rings. The lowest BCUT2D eigenvalue weighted by Gasteiger charge is -2.11. The average molecular weight is 450 g/mol. The number of tetrazole rings is 1. The van der Waals surface area contributed by atoms with Crippen molar-refractivity contribution in [3.63, 3.8) is 0 Å². The SMILES string of the molecule is Cc1c(-c2ccc(=O)n(Cc3cccc(F)c3F)c2)c2cc(F)ccc2n1Cc1nn[nH]n1. The largest absolute Gasteiger partial charge is 0.336 e. The standard InChI is InChI=1S/C23H17F3N6O/c1-13-22(17-9-16(24)6-7-19(17)32(13)12-20-27-29-30-28-20)14-5-8-21(33)31(10-14)11-15-3-2-4-18(25)23(15)26/h2-10H,11-12H2,1H3,(H,27,28,29,30). The maximum Gasteiger partial charge on any atom is 0.250 e. The Hall–Kier alpha value is -4.21. The van der Waals surface area contributed by atoms with E-state index in [1.165, 1.54) is 34.9 Å². The van der Waals surface area contributed by atoms with Gasteiger partial charge in [-0.05, 0) is 37.3 Å². The molecule has 0 fully saturated rings. The first-order chi connectivity index (χ1) is 15.9. The number of pyridine rings is 1. The summed E-state index contributed by atoms with van der Waals surface area (Å²) in [5.41, 5.74) is 2.57. The maximum atomic E-state index is 14.2. The Labute approximate surface area is 185 Å². The van der Waals surface area contributed by atoms with Crippen LogP contribution in [-0.4, -0.2) is 29.8 Å². The molecule has 3 heterocycles. The highest BCUT2D eigenvalue weighted by molar-refractivity contribution is 5.98. The molecule has 3 aromatic heterocycles. The van der Waals surface area contributed by atoms with Crippen LogP contribution in [0.3, 0.4) is 0 Å². The van der Waals surface area contributed by atoms with Crippen molar-refractivity contribution in [2.75, 3.05) is 0 Å². The third-order valence-electron chi connectivity index (χ3n) is 5.62. The van der Waals surface area contributed by atoms with Gasteiger partial charge in [-0.2, -0.15) is 5.21 Å². The van der Waals surface area contributed by atoms with Gasteiger partial charge in [-0.3, -0.25) is 4.79 Å². The van der Waals surface area contributed by atoms with E-state index in [9.17, 15) is 18.0 Å². The predicted octanol–water partition coefficient (Wildman–Crippen LogP) is 3.81. The Morgan fingerprint density at radius 2 is 1.88 bits per heavy atom. The number of rotatable bonds is 5. The molecule has 166 valence electrons. The minimum Gasteiger partial charge on any atom is -0.336 e. The van der Waals surface area contributed by atoms with Gasteiger partial charge < -0.3 is 9.13 Å². The molecule has 0 aliphatic carbocycles. The van der Waals surface area contributed by atoms with Gasteiger partial charge in [0.25, 0.3) is 5.56 Å². The zero-order valence-corrected chi connectivity index (χ0v) is 17.4. The minimum atomic E-state index is -0.996. The lowest BCUT2D eigenvalue weighted by molar-refractivity contribution is 0.494. The first-order valence-electron chi connectivity index (χ1n) is 10.1. The molecule has 10 heteroatoms. The molecule has 0 saturated heterocycles. The summed E-state index contributed by atoms with van der Waals surface area (Å²) in [5, 5.41) is 14.6. The second kappa shape index (κ2) is 8.05. The number of benzene rings is 2. The molecule has 5 aromatic rings. The van der Waals surface area contributed by atoms with Crippen LogP contribution in [-0.2, 0) is 13.1 Å². The molecule has 0 spiro atoms. The lowest BCUT2D eigenvalue weighted by Crippen LogP contribution is -2.20. The van der Waals surface area contributed by atoms with Crippen LogP contribution < -0.4 is 5.56 Å². The summed E-state index contributed by atoms with van der Waals surface area (Å²) in [6.07, 6.45) is 1.57. The van der Waals surface area contributed by atoms with Gasteiger partial charge in [-0.25, -0.2) is 13.2 Å². The van der Waals surface area contributed by atoms with Crippen LogP contribution in [0.5, 0.6) is 0 Å². The molecule has 0 unspecified atom stereocenters. The third-order valence-corrected chi connectivity index (χ3v) is 5.62. The van der Waals surface area contributed by atoms with E-state index in [1.807, 2.05) is 11.5 Å². The normalized spacial score (nSPS) is 11.4. The van der Waals surface area contributed by atoms with E-state index in [0.717, 1.165) is 17.3 Å². The van der Waals surface area contributed by atoms with Gasteiger partial charge in [-0.15, -0.1) is 10.2 Å². The van der Waals surface area contributed by atoms with Gasteiger partial charge in [0, 0.05) is 45.6 Å². The van der Waals surface area contributed by atoms with E-state index >= 15 is 0 Å². The van der Waals surface area contributed by atoms with E-state index in [4.69, 9.17) is 0 Å². The molecule has 1 N–H and O–H groups in total. The van der Waals surface area contributed by atoms with Gasteiger partial charge in [0.2, 0.25) is 0 Å². The Morgan fingerprint density at radius 1 is 1.03 bits per heavy atom. The summed E-state index contributed by atoms with van der Waals surface area (Å²) < 4.78 is 45.2. The lowest BCUT2D eigenvalue weighted by atomic mass is 10.0. The summed E-state index contributed by atoms with van der Waals surface area (Å²) in [6, 6.07) is 11.3. The quantitative estimate of drug-likeness (QED) is 0.442. The Morgan fingerprint density at radius 3 is 2.67 bits per heavy atom.